The van der Waals surface area contributed by atoms with Crippen molar-refractivity contribution in [3.8, 4) is 0 Å². The number of aliphatic carboxylic acids is 1. The highest BCUT2D eigenvalue weighted by molar-refractivity contribution is 8.93. The van der Waals surface area contributed by atoms with Crippen LogP contribution in [0.5, 0.6) is 0 Å². The van der Waals surface area contributed by atoms with Crippen molar-refractivity contribution in [1.29, 1.82) is 0 Å². The predicted octanol–water partition coefficient (Wildman–Crippen LogP) is 1.69. The smallest absolute Gasteiger partial charge is 0.307 e. The Bertz CT molecular complexity index is 131. The van der Waals surface area contributed by atoms with Crippen molar-refractivity contribution < 1.29 is 9.90 Å². The van der Waals surface area contributed by atoms with E-state index in [2.05, 4.69) is 0 Å². The van der Waals surface area contributed by atoms with E-state index < -0.39 is 5.97 Å². The van der Waals surface area contributed by atoms with Gasteiger partial charge in [0.15, 0.2) is 0 Å². The van der Waals surface area contributed by atoms with Crippen LogP contribution in [0.4, 0.5) is 0 Å². The molecule has 1 saturated carbocycles. The van der Waals surface area contributed by atoms with E-state index in [9.17, 15) is 4.79 Å². The fourth-order valence-corrected chi connectivity index (χ4v) is 0.889. The molecular formula is C6H11BrO2. The molecule has 1 fully saturated rings. The Kier molecular flexibility index (Phi) is 2.28. The maximum absolute atomic E-state index is 10.2. The number of hydrogen-bond acceptors (Lipinski definition) is 1. The first-order chi connectivity index (χ1) is 3.54. The summed E-state index contributed by atoms with van der Waals surface area (Å²) >= 11 is 0. The molecule has 1 N–H and O–H groups in total. The highest BCUT2D eigenvalue weighted by atomic mass is 79.9. The van der Waals surface area contributed by atoms with E-state index in [-0.39, 0.29) is 28.3 Å². The SMILES string of the molecule is Br.CC1(C)CC1C(=O)O. The summed E-state index contributed by atoms with van der Waals surface area (Å²) in [6, 6.07) is 0. The summed E-state index contributed by atoms with van der Waals surface area (Å²) in [6.07, 6.45) is 0.850. The Labute approximate surface area is 65.0 Å². The summed E-state index contributed by atoms with van der Waals surface area (Å²) < 4.78 is 0. The quantitative estimate of drug-likeness (QED) is 0.691. The largest absolute Gasteiger partial charge is 0.481 e. The van der Waals surface area contributed by atoms with Gasteiger partial charge in [0.05, 0.1) is 5.92 Å². The second-order valence-electron chi connectivity index (χ2n) is 3.08. The van der Waals surface area contributed by atoms with Gasteiger partial charge in [0.1, 0.15) is 0 Å². The molecule has 0 heterocycles. The first-order valence-corrected chi connectivity index (χ1v) is 2.77. The van der Waals surface area contributed by atoms with Crippen LogP contribution in [0.1, 0.15) is 20.3 Å². The molecule has 0 radical (unpaired) electrons. The molecule has 0 aromatic carbocycles. The fraction of sp³-hybridized carbons (Fsp3) is 0.833. The summed E-state index contributed by atoms with van der Waals surface area (Å²) in [4.78, 5) is 10.2. The number of carboxylic acids is 1. The Morgan fingerprint density at radius 3 is 2.00 bits per heavy atom. The zero-order chi connectivity index (χ0) is 6.36. The van der Waals surface area contributed by atoms with Gasteiger partial charge >= 0.3 is 5.97 Å². The molecule has 54 valence electrons. The van der Waals surface area contributed by atoms with Crippen molar-refractivity contribution in [3.63, 3.8) is 0 Å². The molecule has 1 atom stereocenters. The van der Waals surface area contributed by atoms with Gasteiger partial charge in [0.25, 0.3) is 0 Å². The lowest BCUT2D eigenvalue weighted by atomic mass is 10.1. The van der Waals surface area contributed by atoms with E-state index in [1.807, 2.05) is 13.8 Å². The Morgan fingerprint density at radius 2 is 2.00 bits per heavy atom. The minimum absolute atomic E-state index is 0. The third-order valence-corrected chi connectivity index (χ3v) is 1.81. The van der Waals surface area contributed by atoms with E-state index in [4.69, 9.17) is 5.11 Å². The van der Waals surface area contributed by atoms with Crippen LogP contribution in [0, 0.1) is 11.3 Å². The lowest BCUT2D eigenvalue weighted by molar-refractivity contribution is -0.139. The molecule has 0 aliphatic heterocycles. The molecule has 0 bridgehead atoms. The van der Waals surface area contributed by atoms with Crippen LogP contribution in [-0.4, -0.2) is 11.1 Å². The van der Waals surface area contributed by atoms with Crippen molar-refractivity contribution in [2.75, 3.05) is 0 Å². The van der Waals surface area contributed by atoms with Crippen molar-refractivity contribution in [3.05, 3.63) is 0 Å². The normalized spacial score (nSPS) is 28.4. The summed E-state index contributed by atoms with van der Waals surface area (Å²) in [5.74, 6) is -0.711. The third kappa shape index (κ3) is 1.68. The average Bonchev–Trinajstić information content (AvgIpc) is 2.13. The summed E-state index contributed by atoms with van der Waals surface area (Å²) in [5, 5.41) is 8.39. The van der Waals surface area contributed by atoms with E-state index in [0.717, 1.165) is 6.42 Å². The zero-order valence-corrected chi connectivity index (χ0v) is 7.26. The number of carbonyl (C=O) groups is 1. The average molecular weight is 195 g/mol. The van der Waals surface area contributed by atoms with Gasteiger partial charge in [0.2, 0.25) is 0 Å². The van der Waals surface area contributed by atoms with Crippen molar-refractivity contribution in [2.24, 2.45) is 11.3 Å². The molecule has 0 spiro atoms. The molecule has 3 heteroatoms. The molecule has 1 rings (SSSR count). The highest BCUT2D eigenvalue weighted by Gasteiger charge is 2.50. The molecule has 1 aliphatic rings. The lowest BCUT2D eigenvalue weighted by Gasteiger charge is -1.94. The number of halogens is 1. The fourth-order valence-electron chi connectivity index (χ4n) is 0.889. The van der Waals surface area contributed by atoms with E-state index >= 15 is 0 Å². The second-order valence-corrected chi connectivity index (χ2v) is 3.08. The first-order valence-electron chi connectivity index (χ1n) is 2.77. The minimum atomic E-state index is -0.644. The van der Waals surface area contributed by atoms with Crippen molar-refractivity contribution in [1.82, 2.24) is 0 Å². The van der Waals surface area contributed by atoms with Crippen LogP contribution in [-0.2, 0) is 4.79 Å². The molecule has 0 saturated heterocycles. The maximum atomic E-state index is 10.2. The van der Waals surface area contributed by atoms with Crippen LogP contribution >= 0.6 is 17.0 Å². The summed E-state index contributed by atoms with van der Waals surface area (Å²) in [5.41, 5.74) is 0.0891. The molecule has 0 aromatic rings. The molecule has 1 aliphatic carbocycles. The Morgan fingerprint density at radius 1 is 1.67 bits per heavy atom. The van der Waals surface area contributed by atoms with Crippen LogP contribution in [0.25, 0.3) is 0 Å². The number of hydrogen-bond donors (Lipinski definition) is 1. The molecule has 9 heavy (non-hydrogen) atoms. The molecule has 2 nitrogen and oxygen atoms in total. The second kappa shape index (κ2) is 2.29. The van der Waals surface area contributed by atoms with Crippen LogP contribution in [0.3, 0.4) is 0 Å². The minimum Gasteiger partial charge on any atom is -0.481 e. The van der Waals surface area contributed by atoms with Gasteiger partial charge < -0.3 is 5.11 Å². The molecular weight excluding hydrogens is 184 g/mol. The van der Waals surface area contributed by atoms with E-state index in [0.29, 0.717) is 0 Å². The molecule has 0 amide bonds. The van der Waals surface area contributed by atoms with Crippen molar-refractivity contribution >= 4 is 23.0 Å². The van der Waals surface area contributed by atoms with Crippen LogP contribution < -0.4 is 0 Å². The van der Waals surface area contributed by atoms with E-state index in [1.54, 1.807) is 0 Å². The van der Waals surface area contributed by atoms with E-state index in [1.165, 1.54) is 0 Å². The summed E-state index contributed by atoms with van der Waals surface area (Å²) in [6.45, 7) is 3.96. The van der Waals surface area contributed by atoms with Crippen LogP contribution in [0.2, 0.25) is 0 Å². The van der Waals surface area contributed by atoms with Gasteiger partial charge in [-0.3, -0.25) is 4.79 Å². The van der Waals surface area contributed by atoms with Gasteiger partial charge in [0, 0.05) is 0 Å². The monoisotopic (exact) mass is 194 g/mol. The van der Waals surface area contributed by atoms with Crippen LogP contribution in [0.15, 0.2) is 0 Å². The zero-order valence-electron chi connectivity index (χ0n) is 5.55. The first kappa shape index (κ1) is 8.95. The van der Waals surface area contributed by atoms with Gasteiger partial charge in [-0.15, -0.1) is 17.0 Å². The number of carboxylic acid groups (broad SMARTS) is 1. The lowest BCUT2D eigenvalue weighted by Crippen LogP contribution is -2.02. The van der Waals surface area contributed by atoms with Gasteiger partial charge in [-0.1, -0.05) is 13.8 Å². The predicted molar refractivity (Wildman–Crippen MR) is 39.8 cm³/mol. The molecule has 1 unspecified atom stereocenters. The Balaban J connectivity index is 0.000000640. The standard InChI is InChI=1S/C6H10O2.BrH/c1-6(2)3-4(6)5(7)8;/h4H,3H2,1-2H3,(H,7,8);1H. The maximum Gasteiger partial charge on any atom is 0.307 e. The summed E-state index contributed by atoms with van der Waals surface area (Å²) in [7, 11) is 0. The van der Waals surface area contributed by atoms with Gasteiger partial charge in [-0.25, -0.2) is 0 Å². The van der Waals surface area contributed by atoms with Gasteiger partial charge in [-0.05, 0) is 11.8 Å². The molecule has 0 aromatic heterocycles. The van der Waals surface area contributed by atoms with Crippen molar-refractivity contribution in [2.45, 2.75) is 20.3 Å². The topological polar surface area (TPSA) is 37.3 Å². The Hall–Kier alpha value is -0.0500. The number of rotatable bonds is 1. The third-order valence-electron chi connectivity index (χ3n) is 1.81. The highest BCUT2D eigenvalue weighted by Crippen LogP contribution is 2.51. The van der Waals surface area contributed by atoms with Gasteiger partial charge in [-0.2, -0.15) is 0 Å².